The summed E-state index contributed by atoms with van der Waals surface area (Å²) in [5.41, 5.74) is 1.17. The predicted molar refractivity (Wildman–Crippen MR) is 84.6 cm³/mol. The second-order valence-electron chi connectivity index (χ2n) is 6.07. The van der Waals surface area contributed by atoms with Gasteiger partial charge < -0.3 is 15.7 Å². The SMILES string of the molecule is CC(CC(=O)NCc1ccc(C(=O)O)cc1)C1CCCNC1. The first kappa shape index (κ1) is 16.5. The van der Waals surface area contributed by atoms with Crippen molar-refractivity contribution in [1.29, 1.82) is 0 Å². The minimum Gasteiger partial charge on any atom is -0.478 e. The van der Waals surface area contributed by atoms with Crippen molar-refractivity contribution < 1.29 is 14.7 Å². The van der Waals surface area contributed by atoms with E-state index in [1.165, 1.54) is 12.8 Å². The molecule has 0 spiro atoms. The average molecular weight is 304 g/mol. The molecule has 3 N–H and O–H groups in total. The molecule has 1 aliphatic rings. The van der Waals surface area contributed by atoms with Crippen LogP contribution in [0.15, 0.2) is 24.3 Å². The number of amides is 1. The maximum Gasteiger partial charge on any atom is 0.335 e. The molecule has 22 heavy (non-hydrogen) atoms. The molecule has 5 heteroatoms. The van der Waals surface area contributed by atoms with Gasteiger partial charge >= 0.3 is 5.97 Å². The van der Waals surface area contributed by atoms with E-state index in [1.54, 1.807) is 24.3 Å². The second kappa shape index (κ2) is 7.94. The fourth-order valence-electron chi connectivity index (χ4n) is 2.86. The van der Waals surface area contributed by atoms with Gasteiger partial charge in [-0.25, -0.2) is 4.79 Å². The number of hydrogen-bond acceptors (Lipinski definition) is 3. The lowest BCUT2D eigenvalue weighted by atomic mass is 9.85. The molecule has 5 nitrogen and oxygen atoms in total. The number of nitrogens with one attached hydrogen (secondary N) is 2. The highest BCUT2D eigenvalue weighted by Crippen LogP contribution is 2.22. The van der Waals surface area contributed by atoms with Gasteiger partial charge in [0.15, 0.2) is 0 Å². The van der Waals surface area contributed by atoms with Gasteiger partial charge in [-0.3, -0.25) is 4.79 Å². The van der Waals surface area contributed by atoms with Gasteiger partial charge in [-0.15, -0.1) is 0 Å². The van der Waals surface area contributed by atoms with Crippen molar-refractivity contribution in [2.45, 2.75) is 32.7 Å². The summed E-state index contributed by atoms with van der Waals surface area (Å²) < 4.78 is 0. The lowest BCUT2D eigenvalue weighted by Gasteiger charge is -2.28. The van der Waals surface area contributed by atoms with Gasteiger partial charge in [0.05, 0.1) is 5.56 Å². The number of piperidine rings is 1. The van der Waals surface area contributed by atoms with Gasteiger partial charge in [0.25, 0.3) is 0 Å². The van der Waals surface area contributed by atoms with Crippen LogP contribution in [0.1, 0.15) is 42.1 Å². The first-order valence-electron chi connectivity index (χ1n) is 7.86. The highest BCUT2D eigenvalue weighted by molar-refractivity contribution is 5.87. The van der Waals surface area contributed by atoms with E-state index in [0.717, 1.165) is 18.7 Å². The van der Waals surface area contributed by atoms with Gasteiger partial charge in [-0.05, 0) is 55.5 Å². The normalized spacial score (nSPS) is 19.4. The quantitative estimate of drug-likeness (QED) is 0.751. The van der Waals surface area contributed by atoms with E-state index in [4.69, 9.17) is 5.11 Å². The van der Waals surface area contributed by atoms with Crippen molar-refractivity contribution in [2.75, 3.05) is 13.1 Å². The fourth-order valence-corrected chi connectivity index (χ4v) is 2.86. The van der Waals surface area contributed by atoms with Crippen LogP contribution in [0.5, 0.6) is 0 Å². The number of benzene rings is 1. The van der Waals surface area contributed by atoms with E-state index in [0.29, 0.717) is 24.8 Å². The lowest BCUT2D eigenvalue weighted by molar-refractivity contribution is -0.122. The molecule has 1 fully saturated rings. The number of carboxylic acids is 1. The highest BCUT2D eigenvalue weighted by Gasteiger charge is 2.21. The zero-order valence-electron chi connectivity index (χ0n) is 13.0. The van der Waals surface area contributed by atoms with Crippen molar-refractivity contribution >= 4 is 11.9 Å². The van der Waals surface area contributed by atoms with Crippen LogP contribution in [0.3, 0.4) is 0 Å². The first-order valence-corrected chi connectivity index (χ1v) is 7.86. The van der Waals surface area contributed by atoms with Crippen LogP contribution < -0.4 is 10.6 Å². The largest absolute Gasteiger partial charge is 0.478 e. The van der Waals surface area contributed by atoms with E-state index < -0.39 is 5.97 Å². The number of carbonyl (C=O) groups excluding carboxylic acids is 1. The third-order valence-corrected chi connectivity index (χ3v) is 4.34. The minimum absolute atomic E-state index is 0.0559. The van der Waals surface area contributed by atoms with Crippen LogP contribution in [-0.4, -0.2) is 30.1 Å². The van der Waals surface area contributed by atoms with Crippen LogP contribution in [-0.2, 0) is 11.3 Å². The Labute approximate surface area is 131 Å². The van der Waals surface area contributed by atoms with Crippen molar-refractivity contribution in [3.8, 4) is 0 Å². The second-order valence-corrected chi connectivity index (χ2v) is 6.07. The van der Waals surface area contributed by atoms with Crippen molar-refractivity contribution in [2.24, 2.45) is 11.8 Å². The topological polar surface area (TPSA) is 78.4 Å². The molecule has 0 aliphatic carbocycles. The average Bonchev–Trinajstić information content (AvgIpc) is 2.54. The standard InChI is InChI=1S/C17H24N2O3/c1-12(15-3-2-8-18-11-15)9-16(20)19-10-13-4-6-14(7-5-13)17(21)22/h4-7,12,15,18H,2-3,8-11H2,1H3,(H,19,20)(H,21,22). The third-order valence-electron chi connectivity index (χ3n) is 4.34. The molecule has 0 saturated carbocycles. The summed E-state index contributed by atoms with van der Waals surface area (Å²) in [5.74, 6) is 0.0717. The number of carbonyl (C=O) groups is 2. The molecule has 1 heterocycles. The molecule has 0 bridgehead atoms. The zero-order valence-corrected chi connectivity index (χ0v) is 13.0. The summed E-state index contributed by atoms with van der Waals surface area (Å²) in [4.78, 5) is 22.8. The molecular formula is C17H24N2O3. The van der Waals surface area contributed by atoms with Crippen LogP contribution in [0, 0.1) is 11.8 Å². The Hall–Kier alpha value is -1.88. The first-order chi connectivity index (χ1) is 10.6. The Morgan fingerprint density at radius 1 is 1.36 bits per heavy atom. The third kappa shape index (κ3) is 4.84. The minimum atomic E-state index is -0.939. The van der Waals surface area contributed by atoms with Gasteiger partial charge in [-0.1, -0.05) is 19.1 Å². The van der Waals surface area contributed by atoms with E-state index in [1.807, 2.05) is 0 Å². The summed E-state index contributed by atoms with van der Waals surface area (Å²) in [5, 5.41) is 15.1. The molecule has 1 aromatic carbocycles. The van der Waals surface area contributed by atoms with Gasteiger partial charge in [0, 0.05) is 13.0 Å². The van der Waals surface area contributed by atoms with Crippen molar-refractivity contribution in [1.82, 2.24) is 10.6 Å². The van der Waals surface area contributed by atoms with Crippen molar-refractivity contribution in [3.63, 3.8) is 0 Å². The number of carboxylic acid groups (broad SMARTS) is 1. The molecule has 0 aromatic heterocycles. The fraction of sp³-hybridized carbons (Fsp3) is 0.529. The Bertz CT molecular complexity index is 507. The highest BCUT2D eigenvalue weighted by atomic mass is 16.4. The number of rotatable bonds is 6. The van der Waals surface area contributed by atoms with Crippen molar-refractivity contribution in [3.05, 3.63) is 35.4 Å². The van der Waals surface area contributed by atoms with Gasteiger partial charge in [0.2, 0.25) is 5.91 Å². The van der Waals surface area contributed by atoms with Crippen LogP contribution in [0.25, 0.3) is 0 Å². The molecule has 0 radical (unpaired) electrons. The maximum atomic E-state index is 12.0. The summed E-state index contributed by atoms with van der Waals surface area (Å²) in [6, 6.07) is 6.58. The molecule has 2 unspecified atom stereocenters. The maximum absolute atomic E-state index is 12.0. The van der Waals surface area contributed by atoms with Crippen LogP contribution in [0.4, 0.5) is 0 Å². The van der Waals surface area contributed by atoms with Crippen LogP contribution in [0.2, 0.25) is 0 Å². The van der Waals surface area contributed by atoms with E-state index in [2.05, 4.69) is 17.6 Å². The molecule has 1 amide bonds. The Kier molecular flexibility index (Phi) is 5.95. The molecule has 2 atom stereocenters. The molecule has 1 saturated heterocycles. The zero-order chi connectivity index (χ0) is 15.9. The van der Waals surface area contributed by atoms with E-state index >= 15 is 0 Å². The van der Waals surface area contributed by atoms with E-state index in [9.17, 15) is 9.59 Å². The smallest absolute Gasteiger partial charge is 0.335 e. The lowest BCUT2D eigenvalue weighted by Crippen LogP contribution is -2.35. The Balaban J connectivity index is 1.75. The van der Waals surface area contributed by atoms with Crippen LogP contribution >= 0.6 is 0 Å². The molecular weight excluding hydrogens is 280 g/mol. The predicted octanol–water partition coefficient (Wildman–Crippen LogP) is 2.03. The Morgan fingerprint density at radius 3 is 2.68 bits per heavy atom. The number of aromatic carboxylic acids is 1. The molecule has 2 rings (SSSR count). The molecule has 1 aliphatic heterocycles. The van der Waals surface area contributed by atoms with Gasteiger partial charge in [-0.2, -0.15) is 0 Å². The molecule has 1 aromatic rings. The van der Waals surface area contributed by atoms with Gasteiger partial charge in [0.1, 0.15) is 0 Å². The van der Waals surface area contributed by atoms with E-state index in [-0.39, 0.29) is 11.5 Å². The summed E-state index contributed by atoms with van der Waals surface area (Å²) >= 11 is 0. The number of hydrogen-bond donors (Lipinski definition) is 3. The monoisotopic (exact) mass is 304 g/mol. The summed E-state index contributed by atoms with van der Waals surface area (Å²) in [7, 11) is 0. The summed E-state index contributed by atoms with van der Waals surface area (Å²) in [6.07, 6.45) is 2.92. The molecule has 120 valence electrons. The Morgan fingerprint density at radius 2 is 2.09 bits per heavy atom. The summed E-state index contributed by atoms with van der Waals surface area (Å²) in [6.45, 7) is 4.67.